The van der Waals surface area contributed by atoms with E-state index in [2.05, 4.69) is 5.32 Å². The first kappa shape index (κ1) is 15.2. The van der Waals surface area contributed by atoms with Gasteiger partial charge in [-0.3, -0.25) is 0 Å². The van der Waals surface area contributed by atoms with Crippen molar-refractivity contribution >= 4 is 0 Å². The highest BCUT2D eigenvalue weighted by molar-refractivity contribution is 4.91. The van der Waals surface area contributed by atoms with Crippen LogP contribution in [0.3, 0.4) is 0 Å². The summed E-state index contributed by atoms with van der Waals surface area (Å²) in [4.78, 5) is 0. The molecule has 0 aromatic heterocycles. The molecule has 0 aromatic rings. The number of methoxy groups -OCH3 is 1. The SMILES string of the molecule is COCCOCCNC1CCOC2(CCOCC2)C1. The van der Waals surface area contributed by atoms with Crippen LogP contribution in [0.2, 0.25) is 0 Å². The van der Waals surface area contributed by atoms with E-state index in [1.807, 2.05) is 0 Å². The van der Waals surface area contributed by atoms with Crippen LogP contribution in [-0.2, 0) is 18.9 Å². The number of rotatable bonds is 7. The van der Waals surface area contributed by atoms with Gasteiger partial charge in [0.15, 0.2) is 0 Å². The van der Waals surface area contributed by atoms with Crippen LogP contribution in [0.15, 0.2) is 0 Å². The minimum Gasteiger partial charge on any atom is -0.382 e. The molecule has 2 fully saturated rings. The quantitative estimate of drug-likeness (QED) is 0.700. The van der Waals surface area contributed by atoms with Crippen LogP contribution in [0.25, 0.3) is 0 Å². The third-order valence-electron chi connectivity index (χ3n) is 4.01. The number of nitrogens with one attached hydrogen (secondary N) is 1. The largest absolute Gasteiger partial charge is 0.382 e. The zero-order valence-electron chi connectivity index (χ0n) is 12.0. The van der Waals surface area contributed by atoms with Gasteiger partial charge in [0.2, 0.25) is 0 Å². The van der Waals surface area contributed by atoms with Crippen molar-refractivity contribution in [1.82, 2.24) is 5.32 Å². The van der Waals surface area contributed by atoms with Crippen LogP contribution in [0, 0.1) is 0 Å². The van der Waals surface area contributed by atoms with Crippen molar-refractivity contribution in [3.63, 3.8) is 0 Å². The van der Waals surface area contributed by atoms with Gasteiger partial charge in [0.1, 0.15) is 0 Å². The smallest absolute Gasteiger partial charge is 0.0741 e. The van der Waals surface area contributed by atoms with Gasteiger partial charge in [0.25, 0.3) is 0 Å². The Morgan fingerprint density at radius 1 is 1.16 bits per heavy atom. The Kier molecular flexibility index (Phi) is 6.53. The summed E-state index contributed by atoms with van der Waals surface area (Å²) in [5.74, 6) is 0. The predicted molar refractivity (Wildman–Crippen MR) is 72.5 cm³/mol. The molecule has 1 N–H and O–H groups in total. The topological polar surface area (TPSA) is 49.0 Å². The molecule has 19 heavy (non-hydrogen) atoms. The van der Waals surface area contributed by atoms with Gasteiger partial charge >= 0.3 is 0 Å². The van der Waals surface area contributed by atoms with Gasteiger partial charge < -0.3 is 24.3 Å². The summed E-state index contributed by atoms with van der Waals surface area (Å²) in [5.41, 5.74) is 0.0745. The molecule has 2 saturated heterocycles. The van der Waals surface area contributed by atoms with Crippen molar-refractivity contribution in [2.45, 2.75) is 37.3 Å². The van der Waals surface area contributed by atoms with E-state index in [4.69, 9.17) is 18.9 Å². The zero-order chi connectivity index (χ0) is 13.4. The lowest BCUT2D eigenvalue weighted by molar-refractivity contribution is -0.140. The minimum atomic E-state index is 0.0745. The Balaban J connectivity index is 1.61. The Labute approximate surface area is 115 Å². The molecule has 5 nitrogen and oxygen atoms in total. The van der Waals surface area contributed by atoms with Gasteiger partial charge in [-0.1, -0.05) is 0 Å². The molecule has 1 unspecified atom stereocenters. The summed E-state index contributed by atoms with van der Waals surface area (Å²) in [6.07, 6.45) is 4.28. The fourth-order valence-electron chi connectivity index (χ4n) is 2.87. The number of ether oxygens (including phenoxy) is 4. The molecular weight excluding hydrogens is 246 g/mol. The summed E-state index contributed by atoms with van der Waals surface area (Å²) in [6, 6.07) is 0.554. The van der Waals surface area contributed by atoms with E-state index in [1.54, 1.807) is 7.11 Å². The monoisotopic (exact) mass is 273 g/mol. The predicted octanol–water partition coefficient (Wildman–Crippen LogP) is 0.967. The van der Waals surface area contributed by atoms with Crippen LogP contribution in [0.4, 0.5) is 0 Å². The molecule has 0 saturated carbocycles. The summed E-state index contributed by atoms with van der Waals surface area (Å²) < 4.78 is 21.9. The molecule has 1 atom stereocenters. The second-order valence-electron chi connectivity index (χ2n) is 5.39. The summed E-state index contributed by atoms with van der Waals surface area (Å²) in [6.45, 7) is 5.54. The molecule has 0 amide bonds. The van der Waals surface area contributed by atoms with Crippen molar-refractivity contribution < 1.29 is 18.9 Å². The molecule has 2 rings (SSSR count). The standard InChI is InChI=1S/C14H27NO4/c1-16-10-11-18-9-5-15-13-2-6-19-14(12-13)3-7-17-8-4-14/h13,15H,2-12H2,1H3. The van der Waals surface area contributed by atoms with Crippen LogP contribution >= 0.6 is 0 Å². The maximum absolute atomic E-state index is 6.03. The third kappa shape index (κ3) is 5.00. The van der Waals surface area contributed by atoms with E-state index in [0.717, 1.165) is 58.7 Å². The van der Waals surface area contributed by atoms with Gasteiger partial charge in [0.05, 0.1) is 25.4 Å². The average Bonchev–Trinajstić information content (AvgIpc) is 2.44. The van der Waals surface area contributed by atoms with E-state index in [0.29, 0.717) is 19.3 Å². The van der Waals surface area contributed by atoms with Gasteiger partial charge in [-0.05, 0) is 25.7 Å². The molecular formula is C14H27NO4. The Morgan fingerprint density at radius 2 is 2.00 bits per heavy atom. The summed E-state index contributed by atoms with van der Waals surface area (Å²) >= 11 is 0. The molecule has 1 spiro atoms. The molecule has 0 aliphatic carbocycles. The lowest BCUT2D eigenvalue weighted by Gasteiger charge is -2.43. The first-order valence-corrected chi connectivity index (χ1v) is 7.36. The first-order valence-electron chi connectivity index (χ1n) is 7.36. The summed E-state index contributed by atoms with van der Waals surface area (Å²) in [5, 5.41) is 3.58. The molecule has 112 valence electrons. The highest BCUT2D eigenvalue weighted by atomic mass is 16.5. The van der Waals surface area contributed by atoms with Gasteiger partial charge in [-0.2, -0.15) is 0 Å². The second kappa shape index (κ2) is 8.17. The number of hydrogen-bond acceptors (Lipinski definition) is 5. The highest BCUT2D eigenvalue weighted by Crippen LogP contribution is 2.34. The molecule has 2 aliphatic heterocycles. The molecule has 2 aliphatic rings. The van der Waals surface area contributed by atoms with Crippen LogP contribution in [-0.4, -0.2) is 64.9 Å². The van der Waals surface area contributed by atoms with E-state index in [1.165, 1.54) is 0 Å². The zero-order valence-corrected chi connectivity index (χ0v) is 12.0. The van der Waals surface area contributed by atoms with Crippen LogP contribution < -0.4 is 5.32 Å². The molecule has 0 radical (unpaired) electrons. The van der Waals surface area contributed by atoms with E-state index < -0.39 is 0 Å². The minimum absolute atomic E-state index is 0.0745. The fourth-order valence-corrected chi connectivity index (χ4v) is 2.87. The second-order valence-corrected chi connectivity index (χ2v) is 5.39. The summed E-state index contributed by atoms with van der Waals surface area (Å²) in [7, 11) is 1.69. The maximum atomic E-state index is 6.03. The third-order valence-corrected chi connectivity index (χ3v) is 4.01. The number of hydrogen-bond donors (Lipinski definition) is 1. The molecule has 2 heterocycles. The van der Waals surface area contributed by atoms with E-state index in [-0.39, 0.29) is 5.60 Å². The van der Waals surface area contributed by atoms with E-state index >= 15 is 0 Å². The van der Waals surface area contributed by atoms with Gasteiger partial charge in [-0.25, -0.2) is 0 Å². The Hall–Kier alpha value is -0.200. The lowest BCUT2D eigenvalue weighted by atomic mass is 9.84. The normalized spacial score (nSPS) is 26.7. The van der Waals surface area contributed by atoms with Crippen molar-refractivity contribution in [2.75, 3.05) is 53.3 Å². The Bertz CT molecular complexity index is 238. The fraction of sp³-hybridized carbons (Fsp3) is 1.00. The average molecular weight is 273 g/mol. The lowest BCUT2D eigenvalue weighted by Crippen LogP contribution is -2.50. The van der Waals surface area contributed by atoms with Gasteiger partial charge in [0, 0.05) is 39.5 Å². The van der Waals surface area contributed by atoms with Crippen molar-refractivity contribution in [1.29, 1.82) is 0 Å². The van der Waals surface area contributed by atoms with E-state index in [9.17, 15) is 0 Å². The highest BCUT2D eigenvalue weighted by Gasteiger charge is 2.38. The van der Waals surface area contributed by atoms with Crippen LogP contribution in [0.5, 0.6) is 0 Å². The maximum Gasteiger partial charge on any atom is 0.0741 e. The van der Waals surface area contributed by atoms with Crippen molar-refractivity contribution in [3.05, 3.63) is 0 Å². The first-order chi connectivity index (χ1) is 9.35. The molecule has 5 heteroatoms. The van der Waals surface area contributed by atoms with Crippen molar-refractivity contribution in [3.8, 4) is 0 Å². The van der Waals surface area contributed by atoms with Crippen molar-refractivity contribution in [2.24, 2.45) is 0 Å². The Morgan fingerprint density at radius 3 is 2.79 bits per heavy atom. The molecule has 0 bridgehead atoms. The molecule has 0 aromatic carbocycles. The van der Waals surface area contributed by atoms with Gasteiger partial charge in [-0.15, -0.1) is 0 Å². The van der Waals surface area contributed by atoms with Crippen LogP contribution in [0.1, 0.15) is 25.7 Å².